The normalized spacial score (nSPS) is 11.8. The fourth-order valence-corrected chi connectivity index (χ4v) is 4.02. The first-order valence-electron chi connectivity index (χ1n) is 15.0. The Kier molecular flexibility index (Phi) is 11.5. The van der Waals surface area contributed by atoms with E-state index in [0.717, 1.165) is 33.4 Å². The molecular weight excluding hydrogens is 600 g/mol. The smallest absolute Gasteiger partial charge is 0.457 e. The molecule has 47 heavy (non-hydrogen) atoms. The Bertz CT molecular complexity index is 1790. The second-order valence-electron chi connectivity index (χ2n) is 13.7. The van der Waals surface area contributed by atoms with E-state index in [1.54, 1.807) is 96.1 Å². The van der Waals surface area contributed by atoms with Gasteiger partial charge in [0.15, 0.2) is 0 Å². The van der Waals surface area contributed by atoms with E-state index < -0.39 is 29.1 Å². The van der Waals surface area contributed by atoms with Crippen LogP contribution in [0.15, 0.2) is 78.9 Å². The molecule has 0 radical (unpaired) electrons. The highest BCUT2D eigenvalue weighted by Gasteiger charge is 2.19. The lowest BCUT2D eigenvalue weighted by molar-refractivity contribution is -0.148. The molecule has 0 N–H and O–H groups in total. The molecule has 250 valence electrons. The summed E-state index contributed by atoms with van der Waals surface area (Å²) in [5, 5.41) is 3.66. The first-order chi connectivity index (χ1) is 21.8. The molecule has 9 nitrogen and oxygen atoms in total. The summed E-state index contributed by atoms with van der Waals surface area (Å²) < 4.78 is 25.8. The molecule has 0 aliphatic heterocycles. The molecule has 0 heterocycles. The van der Waals surface area contributed by atoms with Gasteiger partial charge in [-0.25, -0.2) is 14.4 Å². The molecule has 0 atom stereocenters. The molecule has 4 aromatic carbocycles. The van der Waals surface area contributed by atoms with Gasteiger partial charge in [-0.3, -0.25) is 4.79 Å². The first-order valence-corrected chi connectivity index (χ1v) is 15.0. The molecule has 9 heteroatoms. The third-order valence-corrected chi connectivity index (χ3v) is 5.81. The van der Waals surface area contributed by atoms with Crippen LogP contribution in [-0.2, 0) is 19.0 Å². The van der Waals surface area contributed by atoms with Gasteiger partial charge in [-0.2, -0.15) is 0 Å². The number of carbonyl (C=O) groups is 4. The van der Waals surface area contributed by atoms with Gasteiger partial charge in [0.05, 0.1) is 0 Å². The van der Waals surface area contributed by atoms with Gasteiger partial charge in [-0.1, -0.05) is 36.4 Å². The third kappa shape index (κ3) is 13.0. The van der Waals surface area contributed by atoms with Crippen molar-refractivity contribution in [3.63, 3.8) is 0 Å². The zero-order valence-corrected chi connectivity index (χ0v) is 28.3. The van der Waals surface area contributed by atoms with E-state index in [9.17, 15) is 19.2 Å². The summed E-state index contributed by atoms with van der Waals surface area (Å²) in [7, 11) is 0. The van der Waals surface area contributed by atoms with Crippen LogP contribution in [0.5, 0.6) is 11.5 Å². The summed E-state index contributed by atoms with van der Waals surface area (Å²) in [6.07, 6.45) is 2.44. The quantitative estimate of drug-likeness (QED) is 0.0688. The summed E-state index contributed by atoms with van der Waals surface area (Å²) in [4.78, 5) is 45.8. The lowest BCUT2D eigenvalue weighted by atomic mass is 10.1. The monoisotopic (exact) mass is 644 g/mol. The third-order valence-electron chi connectivity index (χ3n) is 5.81. The lowest BCUT2D eigenvalue weighted by Gasteiger charge is -2.18. The molecule has 0 aromatic heterocycles. The second-order valence-corrected chi connectivity index (χ2v) is 13.7. The molecule has 0 amide bonds. The van der Waals surface area contributed by atoms with Gasteiger partial charge in [-0.05, 0) is 132 Å². The van der Waals surface area contributed by atoms with Crippen LogP contribution in [0.4, 0.5) is 9.59 Å². The Hall–Kier alpha value is -5.18. The highest BCUT2D eigenvalue weighted by atomic mass is 16.7. The molecule has 0 spiro atoms. The fraction of sp³-hybridized carbons (Fsp3) is 0.316. The number of esters is 1. The number of fused-ring (bicyclic) bond motifs is 2. The Morgan fingerprint density at radius 2 is 0.915 bits per heavy atom. The maximum absolute atomic E-state index is 11.8. The van der Waals surface area contributed by atoms with Gasteiger partial charge < -0.3 is 23.7 Å². The van der Waals surface area contributed by atoms with E-state index in [1.807, 2.05) is 45.0 Å². The van der Waals surface area contributed by atoms with Crippen LogP contribution in [0.25, 0.3) is 27.6 Å². The molecule has 0 saturated carbocycles. The Morgan fingerprint density at radius 3 is 1.34 bits per heavy atom. The molecule has 0 fully saturated rings. The van der Waals surface area contributed by atoms with Crippen LogP contribution in [-0.4, -0.2) is 41.4 Å². The number of hydrogen-bond donors (Lipinski definition) is 0. The Balaban J connectivity index is 0.000000340. The van der Waals surface area contributed by atoms with Crippen molar-refractivity contribution < 1.29 is 44.3 Å². The van der Waals surface area contributed by atoms with Gasteiger partial charge in [0, 0.05) is 13.1 Å². The molecule has 0 aliphatic rings. The van der Waals surface area contributed by atoms with Crippen molar-refractivity contribution in [2.75, 3.05) is 0 Å². The molecule has 0 aliphatic carbocycles. The van der Waals surface area contributed by atoms with E-state index in [1.165, 1.54) is 6.08 Å². The van der Waals surface area contributed by atoms with E-state index >= 15 is 0 Å². The van der Waals surface area contributed by atoms with Crippen LogP contribution in [0.1, 0.15) is 79.7 Å². The SMILES string of the molecule is CC(C)(C)OC(=O)/C=C\c1ccc2cc(OC(=O)OC(C)(C)C)ccc2c1.CC(C)(C)OC(=O)Oc1ccc2cc(C=O)ccc2c1.[HH]. The summed E-state index contributed by atoms with van der Waals surface area (Å²) in [5.41, 5.74) is -0.238. The van der Waals surface area contributed by atoms with E-state index in [4.69, 9.17) is 23.7 Å². The molecule has 4 aromatic rings. The van der Waals surface area contributed by atoms with Crippen LogP contribution >= 0.6 is 0 Å². The van der Waals surface area contributed by atoms with Crippen molar-refractivity contribution in [1.82, 2.24) is 0 Å². The largest absolute Gasteiger partial charge is 0.514 e. The standard InChI is InChI=1S/C22H26O5.C16H16O4.H2/c1-21(2,3)26-19(23)12-8-15-7-9-17-14-18(11-10-16(17)13-15)25-20(24)27-22(4,5)6;1-16(2,3)20-15(18)19-14-7-6-12-8-11(10-17)4-5-13(12)9-14;/h7-14H,1-6H3;4-10H,1-3H3;1H/b12-8-;;. The van der Waals surface area contributed by atoms with Crippen molar-refractivity contribution in [1.29, 1.82) is 0 Å². The van der Waals surface area contributed by atoms with E-state index in [2.05, 4.69) is 0 Å². The second kappa shape index (κ2) is 14.9. The van der Waals surface area contributed by atoms with Gasteiger partial charge in [0.25, 0.3) is 0 Å². The number of aldehydes is 1. The van der Waals surface area contributed by atoms with Crippen molar-refractivity contribution in [3.05, 3.63) is 90.0 Å². The van der Waals surface area contributed by atoms with E-state index in [-0.39, 0.29) is 7.40 Å². The Morgan fingerprint density at radius 1 is 0.532 bits per heavy atom. The van der Waals surface area contributed by atoms with Gasteiger partial charge >= 0.3 is 18.3 Å². The predicted molar refractivity (Wildman–Crippen MR) is 184 cm³/mol. The molecule has 0 saturated heterocycles. The van der Waals surface area contributed by atoms with Gasteiger partial charge in [-0.15, -0.1) is 0 Å². The van der Waals surface area contributed by atoms with Crippen molar-refractivity contribution in [2.24, 2.45) is 0 Å². The number of benzene rings is 4. The minimum absolute atomic E-state index is 0. The maximum atomic E-state index is 11.8. The van der Waals surface area contributed by atoms with Crippen LogP contribution in [0.3, 0.4) is 0 Å². The minimum atomic E-state index is -0.737. The number of ether oxygens (including phenoxy) is 5. The lowest BCUT2D eigenvalue weighted by Crippen LogP contribution is -2.25. The zero-order valence-electron chi connectivity index (χ0n) is 28.3. The Labute approximate surface area is 276 Å². The zero-order chi connectivity index (χ0) is 35.0. The molecule has 4 rings (SSSR count). The predicted octanol–water partition coefficient (Wildman–Crippen LogP) is 9.72. The van der Waals surface area contributed by atoms with Crippen molar-refractivity contribution in [2.45, 2.75) is 79.1 Å². The fourth-order valence-electron chi connectivity index (χ4n) is 4.02. The summed E-state index contributed by atoms with van der Waals surface area (Å²) >= 11 is 0. The van der Waals surface area contributed by atoms with Crippen molar-refractivity contribution >= 4 is 52.2 Å². The summed E-state index contributed by atoms with van der Waals surface area (Å²) in [5.74, 6) is 0.433. The van der Waals surface area contributed by atoms with Crippen LogP contribution < -0.4 is 9.47 Å². The maximum Gasteiger partial charge on any atom is 0.514 e. The molecule has 0 unspecified atom stereocenters. The summed E-state index contributed by atoms with van der Waals surface area (Å²) in [6, 6.07) is 21.5. The number of rotatable bonds is 5. The number of carbonyl (C=O) groups excluding carboxylic acids is 4. The average molecular weight is 645 g/mol. The number of hydrogen-bond acceptors (Lipinski definition) is 9. The average Bonchev–Trinajstić information content (AvgIpc) is 2.93. The van der Waals surface area contributed by atoms with Crippen LogP contribution in [0, 0.1) is 0 Å². The topological polar surface area (TPSA) is 114 Å². The van der Waals surface area contributed by atoms with Gasteiger partial charge in [0.2, 0.25) is 0 Å². The highest BCUT2D eigenvalue weighted by molar-refractivity contribution is 5.91. The summed E-state index contributed by atoms with van der Waals surface area (Å²) in [6.45, 7) is 16.1. The van der Waals surface area contributed by atoms with Gasteiger partial charge in [0.1, 0.15) is 34.6 Å². The first kappa shape index (κ1) is 36.3. The molecule has 0 bridgehead atoms. The molecular formula is C38H44O9. The van der Waals surface area contributed by atoms with Crippen molar-refractivity contribution in [3.8, 4) is 11.5 Å². The minimum Gasteiger partial charge on any atom is -0.457 e. The highest BCUT2D eigenvalue weighted by Crippen LogP contribution is 2.25. The van der Waals surface area contributed by atoms with E-state index in [0.29, 0.717) is 17.1 Å². The van der Waals surface area contributed by atoms with Crippen LogP contribution in [0.2, 0.25) is 0 Å².